The van der Waals surface area contributed by atoms with Gasteiger partial charge >= 0.3 is 0 Å². The molecule has 18 heavy (non-hydrogen) atoms. The van der Waals surface area contributed by atoms with Crippen LogP contribution in [0.25, 0.3) is 0 Å². The Morgan fingerprint density at radius 1 is 1.56 bits per heavy atom. The van der Waals surface area contributed by atoms with Gasteiger partial charge in [0.25, 0.3) is 0 Å². The van der Waals surface area contributed by atoms with Gasteiger partial charge in [-0.1, -0.05) is 6.42 Å². The van der Waals surface area contributed by atoms with Gasteiger partial charge in [-0.05, 0) is 32.6 Å². The van der Waals surface area contributed by atoms with Crippen LogP contribution in [0.5, 0.6) is 0 Å². The third-order valence-electron chi connectivity index (χ3n) is 3.85. The summed E-state index contributed by atoms with van der Waals surface area (Å²) in [5, 5.41) is 12.1. The molecule has 1 aliphatic rings. The molecule has 0 radical (unpaired) electrons. The number of aryl methyl sites for hydroxylation is 2. The Labute approximate surface area is 108 Å². The minimum atomic E-state index is 0.114. The quantitative estimate of drug-likeness (QED) is 0.615. The van der Waals surface area contributed by atoms with E-state index in [4.69, 9.17) is 11.1 Å². The Morgan fingerprint density at radius 2 is 2.22 bits per heavy atom. The van der Waals surface area contributed by atoms with Crippen molar-refractivity contribution in [2.45, 2.75) is 33.1 Å². The molecule has 0 saturated heterocycles. The van der Waals surface area contributed by atoms with E-state index in [9.17, 15) is 0 Å². The van der Waals surface area contributed by atoms with Crippen LogP contribution >= 0.6 is 0 Å². The highest BCUT2D eigenvalue weighted by atomic mass is 15.4. The van der Waals surface area contributed by atoms with Crippen LogP contribution in [0.15, 0.2) is 0 Å². The first kappa shape index (κ1) is 12.9. The lowest BCUT2D eigenvalue weighted by Crippen LogP contribution is -2.35. The molecule has 1 aliphatic carbocycles. The van der Waals surface area contributed by atoms with Crippen molar-refractivity contribution in [2.75, 3.05) is 18.0 Å². The van der Waals surface area contributed by atoms with E-state index >= 15 is 0 Å². The van der Waals surface area contributed by atoms with Gasteiger partial charge in [0, 0.05) is 20.1 Å². The van der Waals surface area contributed by atoms with Gasteiger partial charge < -0.3 is 10.6 Å². The van der Waals surface area contributed by atoms with Gasteiger partial charge in [-0.25, -0.2) is 0 Å². The van der Waals surface area contributed by atoms with Crippen molar-refractivity contribution < 1.29 is 0 Å². The van der Waals surface area contributed by atoms with Gasteiger partial charge in [0.1, 0.15) is 11.7 Å². The van der Waals surface area contributed by atoms with E-state index < -0.39 is 0 Å². The number of nitrogen functional groups attached to an aromatic ring is 1. The fourth-order valence-electron chi connectivity index (χ4n) is 2.68. The van der Waals surface area contributed by atoms with E-state index in [-0.39, 0.29) is 5.84 Å². The molecule has 1 saturated carbocycles. The second-order valence-electron chi connectivity index (χ2n) is 5.16. The molecule has 5 heteroatoms. The first-order valence-electron chi connectivity index (χ1n) is 6.67. The molecule has 0 aliphatic heterocycles. The third-order valence-corrected chi connectivity index (χ3v) is 3.85. The number of aromatic nitrogens is 2. The summed E-state index contributed by atoms with van der Waals surface area (Å²) in [6.45, 7) is 6.04. The fraction of sp³-hybridized carbons (Fsp3) is 0.692. The molecule has 0 unspecified atom stereocenters. The van der Waals surface area contributed by atoms with Gasteiger partial charge in [0.2, 0.25) is 0 Å². The van der Waals surface area contributed by atoms with Crippen molar-refractivity contribution >= 4 is 11.7 Å². The third kappa shape index (κ3) is 2.21. The van der Waals surface area contributed by atoms with E-state index in [0.29, 0.717) is 0 Å². The number of anilines is 1. The molecule has 0 spiro atoms. The Morgan fingerprint density at radius 3 is 2.67 bits per heavy atom. The Balaban J connectivity index is 2.30. The second kappa shape index (κ2) is 5.00. The summed E-state index contributed by atoms with van der Waals surface area (Å²) in [5.74, 6) is 1.90. The van der Waals surface area contributed by atoms with E-state index in [1.54, 1.807) is 0 Å². The van der Waals surface area contributed by atoms with E-state index in [2.05, 4.69) is 16.9 Å². The maximum atomic E-state index is 7.74. The van der Waals surface area contributed by atoms with Crippen LogP contribution < -0.4 is 10.6 Å². The SMILES string of the molecule is CCN(CC1CCC1)c1c(C(=N)N)c(C)nn1C. The molecule has 1 fully saturated rings. The van der Waals surface area contributed by atoms with E-state index in [0.717, 1.165) is 36.1 Å². The molecule has 5 nitrogen and oxygen atoms in total. The number of amidine groups is 1. The minimum Gasteiger partial charge on any atom is -0.384 e. The molecule has 1 heterocycles. The lowest BCUT2D eigenvalue weighted by atomic mass is 9.85. The lowest BCUT2D eigenvalue weighted by molar-refractivity contribution is 0.317. The number of nitrogens with two attached hydrogens (primary N) is 1. The number of hydrogen-bond donors (Lipinski definition) is 2. The van der Waals surface area contributed by atoms with Gasteiger partial charge in [-0.15, -0.1) is 0 Å². The molecule has 0 amide bonds. The summed E-state index contributed by atoms with van der Waals surface area (Å²) in [6, 6.07) is 0. The Hall–Kier alpha value is -1.52. The second-order valence-corrected chi connectivity index (χ2v) is 5.16. The molecular weight excluding hydrogens is 226 g/mol. The lowest BCUT2D eigenvalue weighted by Gasteiger charge is -2.33. The highest BCUT2D eigenvalue weighted by Gasteiger charge is 2.25. The summed E-state index contributed by atoms with van der Waals surface area (Å²) in [5.41, 5.74) is 7.33. The highest BCUT2D eigenvalue weighted by molar-refractivity contribution is 6.00. The van der Waals surface area contributed by atoms with Crippen LogP contribution in [0, 0.1) is 18.3 Å². The number of hydrogen-bond acceptors (Lipinski definition) is 3. The molecule has 1 aromatic rings. The number of nitrogens with zero attached hydrogens (tertiary/aromatic N) is 3. The maximum Gasteiger partial charge on any atom is 0.137 e. The number of rotatable bonds is 5. The van der Waals surface area contributed by atoms with Gasteiger partial charge in [0.15, 0.2) is 0 Å². The predicted octanol–water partition coefficient (Wildman–Crippen LogP) is 1.64. The Bertz CT molecular complexity index is 444. The van der Waals surface area contributed by atoms with Crippen LogP contribution in [0.2, 0.25) is 0 Å². The molecule has 2 rings (SSSR count). The molecule has 0 aromatic carbocycles. The van der Waals surface area contributed by atoms with Crippen molar-refractivity contribution in [2.24, 2.45) is 18.7 Å². The van der Waals surface area contributed by atoms with Crippen LogP contribution in [-0.2, 0) is 7.05 Å². The van der Waals surface area contributed by atoms with Crippen LogP contribution in [0.4, 0.5) is 5.82 Å². The zero-order valence-electron chi connectivity index (χ0n) is 11.5. The van der Waals surface area contributed by atoms with Crippen LogP contribution in [-0.4, -0.2) is 28.7 Å². The van der Waals surface area contributed by atoms with Crippen molar-refractivity contribution in [1.29, 1.82) is 5.41 Å². The Kier molecular flexibility index (Phi) is 3.59. The topological polar surface area (TPSA) is 70.9 Å². The summed E-state index contributed by atoms with van der Waals surface area (Å²) < 4.78 is 1.86. The zero-order valence-corrected chi connectivity index (χ0v) is 11.5. The highest BCUT2D eigenvalue weighted by Crippen LogP contribution is 2.30. The van der Waals surface area contributed by atoms with E-state index in [1.807, 2.05) is 18.7 Å². The van der Waals surface area contributed by atoms with Gasteiger partial charge in [0.05, 0.1) is 11.3 Å². The summed E-state index contributed by atoms with van der Waals surface area (Å²) in [6.07, 6.45) is 4.00. The van der Waals surface area contributed by atoms with Crippen molar-refractivity contribution in [1.82, 2.24) is 9.78 Å². The fourth-order valence-corrected chi connectivity index (χ4v) is 2.68. The van der Waals surface area contributed by atoms with Gasteiger partial charge in [-0.2, -0.15) is 5.10 Å². The summed E-state index contributed by atoms with van der Waals surface area (Å²) in [7, 11) is 1.93. The largest absolute Gasteiger partial charge is 0.384 e. The molecule has 0 atom stereocenters. The molecule has 0 bridgehead atoms. The average Bonchev–Trinajstić information content (AvgIpc) is 2.53. The van der Waals surface area contributed by atoms with Crippen molar-refractivity contribution in [3.8, 4) is 0 Å². The standard InChI is InChI=1S/C13H23N5/c1-4-18(8-10-6-5-7-10)13-11(12(14)15)9(2)16-17(13)3/h10H,4-8H2,1-3H3,(H3,14,15). The normalized spacial score (nSPS) is 15.5. The smallest absolute Gasteiger partial charge is 0.137 e. The maximum absolute atomic E-state index is 7.74. The average molecular weight is 249 g/mol. The predicted molar refractivity (Wildman–Crippen MR) is 74.2 cm³/mol. The van der Waals surface area contributed by atoms with Crippen LogP contribution in [0.1, 0.15) is 37.4 Å². The van der Waals surface area contributed by atoms with Crippen molar-refractivity contribution in [3.05, 3.63) is 11.3 Å². The van der Waals surface area contributed by atoms with E-state index in [1.165, 1.54) is 19.3 Å². The first-order chi connectivity index (χ1) is 8.54. The summed E-state index contributed by atoms with van der Waals surface area (Å²) in [4.78, 5) is 2.31. The minimum absolute atomic E-state index is 0.114. The molecule has 100 valence electrons. The first-order valence-corrected chi connectivity index (χ1v) is 6.67. The zero-order chi connectivity index (χ0) is 13.3. The molecule has 3 N–H and O–H groups in total. The summed E-state index contributed by atoms with van der Waals surface area (Å²) >= 11 is 0. The molecule has 1 aromatic heterocycles. The number of nitrogens with one attached hydrogen (secondary N) is 1. The monoisotopic (exact) mass is 249 g/mol. The molecular formula is C13H23N5. The van der Waals surface area contributed by atoms with Gasteiger partial charge in [-0.3, -0.25) is 10.1 Å². The van der Waals surface area contributed by atoms with Crippen molar-refractivity contribution in [3.63, 3.8) is 0 Å². The van der Waals surface area contributed by atoms with Crippen LogP contribution in [0.3, 0.4) is 0 Å².